The summed E-state index contributed by atoms with van der Waals surface area (Å²) in [7, 11) is 0. The van der Waals surface area contributed by atoms with Gasteiger partial charge in [-0.05, 0) is 42.2 Å². The highest BCUT2D eigenvalue weighted by Gasteiger charge is 2.21. The van der Waals surface area contributed by atoms with Crippen LogP contribution in [0.5, 0.6) is 5.75 Å². The number of rotatable bonds is 14. The van der Waals surface area contributed by atoms with E-state index in [1.54, 1.807) is 30.3 Å². The molecule has 1 fully saturated rings. The van der Waals surface area contributed by atoms with E-state index in [4.69, 9.17) is 14.2 Å². The highest BCUT2D eigenvalue weighted by atomic mass is 19.2. The molecule has 3 nitrogen and oxygen atoms in total. The zero-order valence-electron chi connectivity index (χ0n) is 24.4. The lowest BCUT2D eigenvalue weighted by atomic mass is 9.98. The summed E-state index contributed by atoms with van der Waals surface area (Å²) in [5.41, 5.74) is 1.02. The lowest BCUT2D eigenvalue weighted by molar-refractivity contribution is -0.175. The van der Waals surface area contributed by atoms with Crippen molar-refractivity contribution in [3.05, 3.63) is 83.4 Å². The molecule has 3 aromatic carbocycles. The molecule has 226 valence electrons. The molecule has 4 rings (SSSR count). The van der Waals surface area contributed by atoms with Gasteiger partial charge in [0.1, 0.15) is 0 Å². The average Bonchev–Trinajstić information content (AvgIpc) is 3.01. The van der Waals surface area contributed by atoms with Crippen LogP contribution >= 0.6 is 0 Å². The van der Waals surface area contributed by atoms with E-state index in [0.717, 1.165) is 44.9 Å². The van der Waals surface area contributed by atoms with Crippen LogP contribution in [-0.4, -0.2) is 26.1 Å². The van der Waals surface area contributed by atoms with Crippen LogP contribution in [0.15, 0.2) is 54.6 Å². The number of unbranched alkanes of at least 4 members (excludes halogenated alkanes) is 5. The van der Waals surface area contributed by atoms with Crippen molar-refractivity contribution in [3.8, 4) is 28.0 Å². The van der Waals surface area contributed by atoms with Crippen LogP contribution in [0.4, 0.5) is 17.6 Å². The Hall–Kier alpha value is -3.16. The Morgan fingerprint density at radius 1 is 0.690 bits per heavy atom. The highest BCUT2D eigenvalue weighted by Crippen LogP contribution is 2.33. The Morgan fingerprint density at radius 3 is 1.93 bits per heavy atom. The molecule has 0 aromatic heterocycles. The molecule has 0 atom stereocenters. The fourth-order valence-electron chi connectivity index (χ4n) is 5.02. The molecular formula is C35H40F4O3. The minimum absolute atomic E-state index is 0.0592. The number of halogens is 4. The van der Waals surface area contributed by atoms with Gasteiger partial charge in [-0.3, -0.25) is 0 Å². The molecule has 1 aliphatic rings. The molecule has 0 unspecified atom stereocenters. The van der Waals surface area contributed by atoms with Crippen molar-refractivity contribution in [2.24, 2.45) is 5.92 Å². The number of benzene rings is 3. The fraction of sp³-hybridized carbons (Fsp3) is 0.429. The highest BCUT2D eigenvalue weighted by molar-refractivity contribution is 5.72. The minimum Gasteiger partial charge on any atom is -0.490 e. The molecule has 0 amide bonds. The summed E-state index contributed by atoms with van der Waals surface area (Å²) in [4.78, 5) is 0. The first kappa shape index (κ1) is 31.8. The molecule has 1 heterocycles. The summed E-state index contributed by atoms with van der Waals surface area (Å²) >= 11 is 0. The van der Waals surface area contributed by atoms with Crippen LogP contribution in [0.2, 0.25) is 0 Å². The van der Waals surface area contributed by atoms with Gasteiger partial charge in [0.15, 0.2) is 29.5 Å². The molecule has 1 aliphatic heterocycles. The smallest absolute Gasteiger partial charge is 0.201 e. The maximum atomic E-state index is 15.1. The second kappa shape index (κ2) is 15.9. The SMILES string of the molecule is CCCCCCOc1ccc(-c2ccc(-c3ccc(/C=C/C4OCC(CCCCC)CO4)c(F)c3F)cc2)c(F)c1F. The van der Waals surface area contributed by atoms with E-state index in [0.29, 0.717) is 36.9 Å². The van der Waals surface area contributed by atoms with Crippen LogP contribution in [0.3, 0.4) is 0 Å². The maximum Gasteiger partial charge on any atom is 0.201 e. The fourth-order valence-corrected chi connectivity index (χ4v) is 5.02. The largest absolute Gasteiger partial charge is 0.490 e. The summed E-state index contributed by atoms with van der Waals surface area (Å²) in [5.74, 6) is -3.80. The van der Waals surface area contributed by atoms with Crippen molar-refractivity contribution in [3.63, 3.8) is 0 Å². The van der Waals surface area contributed by atoms with E-state index in [9.17, 15) is 13.2 Å². The minimum atomic E-state index is -1.04. The van der Waals surface area contributed by atoms with Gasteiger partial charge in [0.25, 0.3) is 0 Å². The van der Waals surface area contributed by atoms with Crippen molar-refractivity contribution in [2.45, 2.75) is 71.5 Å². The Balaban J connectivity index is 1.39. The second-order valence-corrected chi connectivity index (χ2v) is 10.8. The molecule has 0 saturated carbocycles. The zero-order valence-corrected chi connectivity index (χ0v) is 24.4. The molecule has 0 spiro atoms. The Bertz CT molecular complexity index is 1310. The monoisotopic (exact) mass is 584 g/mol. The van der Waals surface area contributed by atoms with E-state index < -0.39 is 29.6 Å². The molecule has 1 saturated heterocycles. The third kappa shape index (κ3) is 8.23. The van der Waals surface area contributed by atoms with Gasteiger partial charge in [0, 0.05) is 22.6 Å². The van der Waals surface area contributed by atoms with Crippen LogP contribution in [0.1, 0.15) is 70.8 Å². The summed E-state index contributed by atoms with van der Waals surface area (Å²) in [6.07, 6.45) is 10.9. The number of hydrogen-bond acceptors (Lipinski definition) is 3. The van der Waals surface area contributed by atoms with Crippen molar-refractivity contribution in [1.82, 2.24) is 0 Å². The average molecular weight is 585 g/mol. The third-order valence-corrected chi connectivity index (χ3v) is 7.56. The first-order valence-electron chi connectivity index (χ1n) is 15.0. The normalized spacial score (nSPS) is 17.2. The van der Waals surface area contributed by atoms with E-state index >= 15 is 4.39 Å². The molecular weight excluding hydrogens is 544 g/mol. The summed E-state index contributed by atoms with van der Waals surface area (Å²) in [5, 5.41) is 0. The van der Waals surface area contributed by atoms with Gasteiger partial charge in [-0.15, -0.1) is 0 Å². The van der Waals surface area contributed by atoms with Gasteiger partial charge < -0.3 is 14.2 Å². The third-order valence-electron chi connectivity index (χ3n) is 7.56. The van der Waals surface area contributed by atoms with Crippen molar-refractivity contribution < 1.29 is 31.8 Å². The summed E-state index contributed by atoms with van der Waals surface area (Å²) in [6.45, 7) is 5.74. The predicted molar refractivity (Wildman–Crippen MR) is 159 cm³/mol. The van der Waals surface area contributed by atoms with Crippen LogP contribution < -0.4 is 4.74 Å². The van der Waals surface area contributed by atoms with Gasteiger partial charge in [-0.2, -0.15) is 4.39 Å². The van der Waals surface area contributed by atoms with E-state index in [1.165, 1.54) is 36.8 Å². The number of ether oxygens (including phenoxy) is 3. The molecule has 3 aromatic rings. The topological polar surface area (TPSA) is 27.7 Å². The van der Waals surface area contributed by atoms with Crippen LogP contribution in [0.25, 0.3) is 28.3 Å². The number of hydrogen-bond donors (Lipinski definition) is 0. The van der Waals surface area contributed by atoms with Crippen molar-refractivity contribution in [2.75, 3.05) is 19.8 Å². The maximum absolute atomic E-state index is 15.1. The van der Waals surface area contributed by atoms with Gasteiger partial charge in [0.2, 0.25) is 5.82 Å². The van der Waals surface area contributed by atoms with E-state index in [-0.39, 0.29) is 22.4 Å². The van der Waals surface area contributed by atoms with Gasteiger partial charge in [-0.1, -0.05) is 94.8 Å². The Labute approximate surface area is 246 Å². The molecule has 42 heavy (non-hydrogen) atoms. The summed E-state index contributed by atoms with van der Waals surface area (Å²) in [6, 6.07) is 12.1. The quantitative estimate of drug-likeness (QED) is 0.139. The van der Waals surface area contributed by atoms with Gasteiger partial charge in [-0.25, -0.2) is 13.2 Å². The lowest BCUT2D eigenvalue weighted by Crippen LogP contribution is -2.30. The molecule has 0 bridgehead atoms. The van der Waals surface area contributed by atoms with Gasteiger partial charge >= 0.3 is 0 Å². The molecule has 7 heteroatoms. The van der Waals surface area contributed by atoms with Gasteiger partial charge in [0.05, 0.1) is 19.8 Å². The van der Waals surface area contributed by atoms with Crippen LogP contribution in [0, 0.1) is 29.2 Å². The first-order chi connectivity index (χ1) is 20.4. The van der Waals surface area contributed by atoms with E-state index in [1.807, 2.05) is 0 Å². The van der Waals surface area contributed by atoms with E-state index in [2.05, 4.69) is 13.8 Å². The molecule has 0 radical (unpaired) electrons. The van der Waals surface area contributed by atoms with Crippen LogP contribution in [-0.2, 0) is 9.47 Å². The van der Waals surface area contributed by atoms with Crippen molar-refractivity contribution >= 4 is 6.08 Å². The first-order valence-corrected chi connectivity index (χ1v) is 15.0. The lowest BCUT2D eigenvalue weighted by Gasteiger charge is -2.27. The zero-order chi connectivity index (χ0) is 29.9. The second-order valence-electron chi connectivity index (χ2n) is 10.8. The predicted octanol–water partition coefficient (Wildman–Crippen LogP) is 10.1. The summed E-state index contributed by atoms with van der Waals surface area (Å²) < 4.78 is 76.4. The van der Waals surface area contributed by atoms with Crippen molar-refractivity contribution in [1.29, 1.82) is 0 Å². The Kier molecular flexibility index (Phi) is 12.0. The molecule has 0 N–H and O–H groups in total. The Morgan fingerprint density at radius 2 is 1.29 bits per heavy atom. The standard InChI is InChI=1S/C35H40F4O3/c1-3-5-7-9-21-40-30-19-18-29(34(38)35(30)39)26-13-11-25(12-14-26)28-17-15-27(32(36)33(28)37)16-20-31-41-22-24(23-42-31)10-8-6-4-2/h11-20,24,31H,3-10,21-23H2,1-2H3/b20-16+. The molecule has 0 aliphatic carbocycles.